The van der Waals surface area contributed by atoms with Crippen LogP contribution in [0.1, 0.15) is 94.5 Å². The van der Waals surface area contributed by atoms with Gasteiger partial charge in [-0.1, -0.05) is 70.8 Å². The van der Waals surface area contributed by atoms with E-state index >= 15 is 0 Å². The lowest BCUT2D eigenvalue weighted by atomic mass is 10.1. The minimum absolute atomic E-state index is 0.0455. The fraction of sp³-hybridized carbons (Fsp3) is 0.684. The monoisotopic (exact) mass is 1350 g/mol. The van der Waals surface area contributed by atoms with Crippen LogP contribution in [0.3, 0.4) is 0 Å². The predicted octanol–water partition coefficient (Wildman–Crippen LogP) is 9.49. The number of benzene rings is 4. The minimum atomic E-state index is -0.0713. The smallest absolute Gasteiger partial charge is 0.125 e. The predicted molar refractivity (Wildman–Crippen MR) is 388 cm³/mol. The number of ether oxygens (including phenoxy) is 14. The number of aryl methyl sites for hydroxylation is 12. The van der Waals surface area contributed by atoms with Gasteiger partial charge < -0.3 is 83.5 Å². The molecule has 0 amide bonds. The van der Waals surface area contributed by atoms with Gasteiger partial charge in [0, 0.05) is 78.5 Å². The van der Waals surface area contributed by atoms with Gasteiger partial charge >= 0.3 is 0 Å². The van der Waals surface area contributed by atoms with Gasteiger partial charge in [0.2, 0.25) is 0 Å². The summed E-state index contributed by atoms with van der Waals surface area (Å²) in [4.78, 5) is 6.99. The zero-order valence-electron chi connectivity index (χ0n) is 62.3. The molecule has 4 unspecified atom stereocenters. The quantitative estimate of drug-likeness (QED) is 0.0351. The Morgan fingerprint density at radius 2 is 0.490 bits per heavy atom. The Morgan fingerprint density at radius 3 is 0.781 bits per heavy atom. The molecule has 0 aliphatic heterocycles. The zero-order chi connectivity index (χ0) is 70.5. The van der Waals surface area contributed by atoms with Gasteiger partial charge in [-0.2, -0.15) is 0 Å². The lowest BCUT2D eigenvalue weighted by Gasteiger charge is -2.31. The first-order valence-corrected chi connectivity index (χ1v) is 35.2. The second-order valence-electron chi connectivity index (χ2n) is 25.4. The van der Waals surface area contributed by atoms with E-state index < -0.39 is 0 Å². The molecule has 20 heteroatoms. The van der Waals surface area contributed by atoms with Crippen LogP contribution in [0, 0.1) is 83.1 Å². The van der Waals surface area contributed by atoms with Gasteiger partial charge in [-0.15, -0.1) is 0 Å². The maximum absolute atomic E-state index is 6.32. The molecule has 0 aliphatic carbocycles. The third-order valence-corrected chi connectivity index (χ3v) is 15.7. The molecule has 0 heterocycles. The van der Waals surface area contributed by atoms with Crippen molar-refractivity contribution < 1.29 is 66.3 Å². The normalized spacial score (nSPS) is 12.9. The molecule has 4 aromatic rings. The average molecular weight is 1350 g/mol. The number of hydrogen-bond donors (Lipinski definition) is 3. The molecule has 0 bridgehead atoms. The highest BCUT2D eigenvalue weighted by molar-refractivity contribution is 5.45. The Kier molecular flexibility index (Phi) is 46.0. The van der Waals surface area contributed by atoms with E-state index in [4.69, 9.17) is 83.5 Å². The van der Waals surface area contributed by atoms with E-state index in [1.54, 1.807) is 0 Å². The highest BCUT2D eigenvalue weighted by Crippen LogP contribution is 2.28. The Labute approximate surface area is 579 Å². The first-order chi connectivity index (χ1) is 46.1. The Balaban J connectivity index is 0.00000221. The Bertz CT molecular complexity index is 2400. The minimum Gasteiger partial charge on any atom is -0.491 e. The molecule has 0 saturated heterocycles. The molecule has 6 N–H and O–H groups in total. The van der Waals surface area contributed by atoms with Crippen LogP contribution >= 0.6 is 0 Å². The lowest BCUT2D eigenvalue weighted by molar-refractivity contribution is -0.0359. The van der Waals surface area contributed by atoms with Crippen LogP contribution in [-0.4, -0.2) is 250 Å². The van der Waals surface area contributed by atoms with Gasteiger partial charge in [-0.25, -0.2) is 0 Å². The third-order valence-electron chi connectivity index (χ3n) is 15.7. The second kappa shape index (κ2) is 51.6. The van der Waals surface area contributed by atoms with E-state index in [-0.39, 0.29) is 24.4 Å². The van der Waals surface area contributed by atoms with Gasteiger partial charge in [0.1, 0.15) is 49.4 Å². The molecule has 0 aliphatic rings. The van der Waals surface area contributed by atoms with Crippen molar-refractivity contribution in [3.05, 3.63) is 115 Å². The average Bonchev–Trinajstić information content (AvgIpc) is 0.931. The summed E-state index contributed by atoms with van der Waals surface area (Å²) in [5, 5.41) is 0. The van der Waals surface area contributed by atoms with Crippen LogP contribution in [-0.2, 0) is 47.4 Å². The van der Waals surface area contributed by atoms with E-state index in [0.717, 1.165) is 126 Å². The number of nitrogens with zero attached hydrogens (tertiary/aromatic N) is 3. The summed E-state index contributed by atoms with van der Waals surface area (Å²) in [6, 6.07) is 17.1. The van der Waals surface area contributed by atoms with Gasteiger partial charge in [0.15, 0.2) is 0 Å². The highest BCUT2D eigenvalue weighted by atomic mass is 16.6. The molecule has 4 atom stereocenters. The fourth-order valence-corrected chi connectivity index (χ4v) is 11.6. The maximum atomic E-state index is 6.32. The van der Waals surface area contributed by atoms with Gasteiger partial charge in [-0.05, 0) is 155 Å². The molecule has 20 nitrogen and oxygen atoms in total. The molecule has 0 saturated carbocycles. The van der Waals surface area contributed by atoms with Gasteiger partial charge in [0.05, 0.1) is 130 Å². The molecule has 548 valence electrons. The van der Waals surface area contributed by atoms with Crippen molar-refractivity contribution in [3.8, 4) is 23.0 Å². The topological polar surface area (TPSA) is 217 Å². The van der Waals surface area contributed by atoms with E-state index in [1.807, 2.05) is 13.8 Å². The summed E-state index contributed by atoms with van der Waals surface area (Å²) in [6.07, 6.45) is -0.233. The SMILES string of the molecule is Cc1cc(C)c(OCCOCCOC(C)CN(CCOCCOCC(C)OCCOc2c(C)cc(C)cc2C)CCN(CCOCCOCC(C)OCCOc2c(C)cc(C)cc2C)CC(C)OCCOCCOc2c(C)cc(C)cc2C)c(C)c1.NCCN(CCN)CCN. The van der Waals surface area contributed by atoms with E-state index in [9.17, 15) is 0 Å². The van der Waals surface area contributed by atoms with Crippen LogP contribution in [0.15, 0.2) is 48.5 Å². The summed E-state index contributed by atoms with van der Waals surface area (Å²) in [6.45, 7) is 52.2. The summed E-state index contributed by atoms with van der Waals surface area (Å²) in [7, 11) is 0. The second-order valence-corrected chi connectivity index (χ2v) is 25.4. The summed E-state index contributed by atoms with van der Waals surface area (Å²) in [5.74, 6) is 3.73. The zero-order valence-corrected chi connectivity index (χ0v) is 62.3. The van der Waals surface area contributed by atoms with Crippen molar-refractivity contribution in [1.82, 2.24) is 14.7 Å². The van der Waals surface area contributed by atoms with Crippen LogP contribution in [0.25, 0.3) is 0 Å². The van der Waals surface area contributed by atoms with Crippen LogP contribution in [0.5, 0.6) is 23.0 Å². The van der Waals surface area contributed by atoms with E-state index in [1.165, 1.54) is 22.3 Å². The first-order valence-electron chi connectivity index (χ1n) is 35.2. The molecular weight excluding hydrogens is 1220 g/mol. The molecular formula is C76H130N6O14. The molecule has 0 radical (unpaired) electrons. The highest BCUT2D eigenvalue weighted by Gasteiger charge is 2.18. The van der Waals surface area contributed by atoms with E-state index in [0.29, 0.717) is 152 Å². The van der Waals surface area contributed by atoms with Crippen molar-refractivity contribution in [2.24, 2.45) is 17.2 Å². The van der Waals surface area contributed by atoms with Gasteiger partial charge in [0.25, 0.3) is 0 Å². The number of hydrogen-bond acceptors (Lipinski definition) is 20. The van der Waals surface area contributed by atoms with Crippen molar-refractivity contribution in [3.63, 3.8) is 0 Å². The Morgan fingerprint density at radius 1 is 0.260 bits per heavy atom. The van der Waals surface area contributed by atoms with Crippen molar-refractivity contribution in [2.75, 3.05) is 211 Å². The molecule has 0 aromatic heterocycles. The van der Waals surface area contributed by atoms with E-state index in [2.05, 4.69) is 160 Å². The lowest BCUT2D eigenvalue weighted by Crippen LogP contribution is -2.43. The Hall–Kier alpha value is -4.56. The molecule has 0 spiro atoms. The molecule has 4 aromatic carbocycles. The third kappa shape index (κ3) is 38.1. The maximum Gasteiger partial charge on any atom is 0.125 e. The first kappa shape index (κ1) is 85.7. The van der Waals surface area contributed by atoms with Crippen LogP contribution in [0.4, 0.5) is 0 Å². The molecule has 0 fully saturated rings. The number of nitrogens with two attached hydrogens (primary N) is 3. The largest absolute Gasteiger partial charge is 0.491 e. The molecule has 4 rings (SSSR count). The molecule has 96 heavy (non-hydrogen) atoms. The van der Waals surface area contributed by atoms with Crippen LogP contribution in [0.2, 0.25) is 0 Å². The summed E-state index contributed by atoms with van der Waals surface area (Å²) < 4.78 is 85.0. The van der Waals surface area contributed by atoms with Crippen molar-refractivity contribution in [1.29, 1.82) is 0 Å². The summed E-state index contributed by atoms with van der Waals surface area (Å²) in [5.41, 5.74) is 30.1. The van der Waals surface area contributed by atoms with Crippen molar-refractivity contribution >= 4 is 0 Å². The van der Waals surface area contributed by atoms with Gasteiger partial charge in [-0.3, -0.25) is 14.7 Å². The van der Waals surface area contributed by atoms with Crippen molar-refractivity contribution in [2.45, 2.75) is 135 Å². The fourth-order valence-electron chi connectivity index (χ4n) is 11.6. The number of rotatable bonds is 55. The van der Waals surface area contributed by atoms with Crippen LogP contribution < -0.4 is 36.1 Å². The standard InChI is InChI=1S/C70H112N2O14.C6H18N4/c1-51-39-55(5)67(56(6)40-51)83-33-29-75-27-31-79-63(13)47-71(19-21-73-23-25-77-49-65(15)81-35-37-85-69-59(9)43-53(3)44-60(69)10)17-18-72(48-64(14)80-32-28-76-30-34-84-68-57(7)41-52(2)42-58(68)8)20-22-74-24-26-78-50-66(16)82-36-38-86-70-61(11)45-54(4)46-62(70)12;7-1-4-10(5-2-8)6-3-9/h39-46,63-66H,17-38,47-50H2,1-16H3;1-9H2. The summed E-state index contributed by atoms with van der Waals surface area (Å²) >= 11 is 0.